The molecule has 1 atom stereocenters. The molecule has 0 radical (unpaired) electrons. The van der Waals surface area contributed by atoms with Crippen LogP contribution in [-0.4, -0.2) is 9.67 Å². The molecule has 3 N–H and O–H groups in total. The molecule has 28 heavy (non-hydrogen) atoms. The Labute approximate surface area is 174 Å². The van der Waals surface area contributed by atoms with Gasteiger partial charge < -0.3 is 15.4 Å². The number of rotatable bonds is 4. The Morgan fingerprint density at radius 1 is 1.29 bits per heavy atom. The summed E-state index contributed by atoms with van der Waals surface area (Å²) in [5, 5.41) is 11.0. The van der Waals surface area contributed by atoms with E-state index in [-0.39, 0.29) is 0 Å². The zero-order valence-electron chi connectivity index (χ0n) is 16.1. The SMILES string of the molecule is C=CC.Cc1ccc(-c2cn(C)c(-c3ccc(Cl)cc3F)c2C(O)/C=C/N)s1. The van der Waals surface area contributed by atoms with E-state index in [2.05, 4.69) is 6.58 Å². The summed E-state index contributed by atoms with van der Waals surface area (Å²) in [7, 11) is 1.83. The van der Waals surface area contributed by atoms with Gasteiger partial charge in [-0.05, 0) is 56.5 Å². The van der Waals surface area contributed by atoms with Crippen LogP contribution in [0.1, 0.15) is 23.5 Å². The number of benzene rings is 1. The van der Waals surface area contributed by atoms with Gasteiger partial charge in [-0.3, -0.25) is 0 Å². The Balaban J connectivity index is 0.000000878. The Hall–Kier alpha value is -2.34. The first-order valence-corrected chi connectivity index (χ1v) is 9.88. The van der Waals surface area contributed by atoms with Gasteiger partial charge in [0, 0.05) is 44.7 Å². The summed E-state index contributed by atoms with van der Waals surface area (Å²) in [4.78, 5) is 2.17. The molecule has 2 aromatic heterocycles. The van der Waals surface area contributed by atoms with Gasteiger partial charge in [0.1, 0.15) is 11.9 Å². The summed E-state index contributed by atoms with van der Waals surface area (Å²) in [6.45, 7) is 7.27. The molecule has 0 amide bonds. The van der Waals surface area contributed by atoms with Crippen LogP contribution in [0.4, 0.5) is 4.39 Å². The number of aromatic nitrogens is 1. The van der Waals surface area contributed by atoms with E-state index in [1.165, 1.54) is 18.3 Å². The number of nitrogens with two attached hydrogens (primary N) is 1. The monoisotopic (exact) mass is 418 g/mol. The van der Waals surface area contributed by atoms with Crippen LogP contribution in [-0.2, 0) is 7.05 Å². The second kappa shape index (κ2) is 9.73. The van der Waals surface area contributed by atoms with Gasteiger partial charge in [-0.2, -0.15) is 0 Å². The van der Waals surface area contributed by atoms with Crippen molar-refractivity contribution >= 4 is 22.9 Å². The predicted molar refractivity (Wildman–Crippen MR) is 118 cm³/mol. The van der Waals surface area contributed by atoms with E-state index in [1.807, 2.05) is 43.8 Å². The maximum Gasteiger partial charge on any atom is 0.134 e. The summed E-state index contributed by atoms with van der Waals surface area (Å²) < 4.78 is 16.4. The first-order valence-electron chi connectivity index (χ1n) is 8.69. The maximum absolute atomic E-state index is 14.5. The van der Waals surface area contributed by atoms with Crippen molar-refractivity contribution in [3.63, 3.8) is 0 Å². The highest BCUT2D eigenvalue weighted by molar-refractivity contribution is 7.15. The Morgan fingerprint density at radius 2 is 1.96 bits per heavy atom. The fourth-order valence-corrected chi connectivity index (χ4v) is 3.99. The number of nitrogens with zero attached hydrogens (tertiary/aromatic N) is 1. The number of thiophene rings is 1. The van der Waals surface area contributed by atoms with E-state index < -0.39 is 11.9 Å². The minimum Gasteiger partial charge on any atom is -0.405 e. The second-order valence-electron chi connectivity index (χ2n) is 6.19. The number of halogens is 2. The quantitative estimate of drug-likeness (QED) is 0.494. The molecule has 0 aliphatic rings. The van der Waals surface area contributed by atoms with Crippen LogP contribution in [0.3, 0.4) is 0 Å². The van der Waals surface area contributed by atoms with Crippen LogP contribution in [0.25, 0.3) is 21.7 Å². The third-order valence-electron chi connectivity index (χ3n) is 4.00. The van der Waals surface area contributed by atoms with Crippen LogP contribution in [0.2, 0.25) is 5.02 Å². The zero-order valence-corrected chi connectivity index (χ0v) is 17.7. The largest absolute Gasteiger partial charge is 0.405 e. The molecule has 0 aliphatic heterocycles. The summed E-state index contributed by atoms with van der Waals surface area (Å²) in [6.07, 6.45) is 5.48. The zero-order chi connectivity index (χ0) is 20.8. The Morgan fingerprint density at radius 3 is 2.50 bits per heavy atom. The number of hydrogen-bond acceptors (Lipinski definition) is 3. The van der Waals surface area contributed by atoms with Crippen molar-refractivity contribution in [1.29, 1.82) is 0 Å². The normalized spacial score (nSPS) is 11.9. The maximum atomic E-state index is 14.5. The summed E-state index contributed by atoms with van der Waals surface area (Å²) >= 11 is 7.50. The van der Waals surface area contributed by atoms with Crippen molar-refractivity contribution in [3.8, 4) is 21.7 Å². The number of hydrogen-bond donors (Lipinski definition) is 2. The third-order valence-corrected chi connectivity index (χ3v) is 5.27. The molecule has 0 spiro atoms. The third kappa shape index (κ3) is 4.73. The smallest absolute Gasteiger partial charge is 0.134 e. The molecule has 0 saturated carbocycles. The molecular weight excluding hydrogens is 395 g/mol. The first-order chi connectivity index (χ1) is 13.3. The lowest BCUT2D eigenvalue weighted by molar-refractivity contribution is 0.229. The van der Waals surface area contributed by atoms with Gasteiger partial charge in [-0.1, -0.05) is 17.7 Å². The highest BCUT2D eigenvalue weighted by atomic mass is 35.5. The molecule has 6 heteroatoms. The van der Waals surface area contributed by atoms with Crippen molar-refractivity contribution in [2.75, 3.05) is 0 Å². The molecule has 1 unspecified atom stereocenters. The van der Waals surface area contributed by atoms with Crippen LogP contribution in [0, 0.1) is 12.7 Å². The van der Waals surface area contributed by atoms with Gasteiger partial charge in [0.25, 0.3) is 0 Å². The van der Waals surface area contributed by atoms with Crippen molar-refractivity contribution in [2.24, 2.45) is 12.8 Å². The highest BCUT2D eigenvalue weighted by Crippen LogP contribution is 2.41. The molecule has 0 aliphatic carbocycles. The lowest BCUT2D eigenvalue weighted by Gasteiger charge is -2.13. The van der Waals surface area contributed by atoms with Crippen molar-refractivity contribution < 1.29 is 9.50 Å². The van der Waals surface area contributed by atoms with E-state index in [0.29, 0.717) is 21.8 Å². The number of aliphatic hydroxyl groups is 1. The average molecular weight is 419 g/mol. The van der Waals surface area contributed by atoms with Crippen molar-refractivity contribution in [3.05, 3.63) is 82.7 Å². The molecule has 2 heterocycles. The lowest BCUT2D eigenvalue weighted by atomic mass is 9.98. The van der Waals surface area contributed by atoms with Crippen molar-refractivity contribution in [1.82, 2.24) is 4.57 Å². The molecule has 148 valence electrons. The van der Waals surface area contributed by atoms with Gasteiger partial charge in [-0.25, -0.2) is 4.39 Å². The summed E-state index contributed by atoms with van der Waals surface area (Å²) in [6, 6.07) is 8.55. The Bertz CT molecular complexity index is 991. The van der Waals surface area contributed by atoms with Crippen LogP contribution < -0.4 is 5.73 Å². The molecule has 0 bridgehead atoms. The fourth-order valence-electron chi connectivity index (χ4n) is 2.94. The predicted octanol–water partition coefficient (Wildman–Crippen LogP) is 6.22. The lowest BCUT2D eigenvalue weighted by Crippen LogP contribution is -2.01. The molecule has 3 aromatic rings. The Kier molecular flexibility index (Phi) is 7.63. The molecule has 3 nitrogen and oxygen atoms in total. The second-order valence-corrected chi connectivity index (χ2v) is 7.91. The standard InChI is InChI=1S/C19H18ClFN2OS.C3H6/c1-11-3-6-17(25-11)14-10-23(2)19(18(14)16(24)7-8-22)13-5-4-12(20)9-15(13)21;1-3-2/h3-10,16,24H,22H2,1-2H3;3H,1H2,2H3/b8-7+;. The number of allylic oxidation sites excluding steroid dienone is 1. The molecular formula is C22H24ClFN2OS. The van der Waals surface area contributed by atoms with E-state index >= 15 is 0 Å². The highest BCUT2D eigenvalue weighted by Gasteiger charge is 2.24. The van der Waals surface area contributed by atoms with E-state index in [9.17, 15) is 9.50 Å². The molecule has 1 aromatic carbocycles. The first kappa shape index (κ1) is 22.0. The average Bonchev–Trinajstić information content (AvgIpc) is 3.19. The van der Waals surface area contributed by atoms with E-state index in [0.717, 1.165) is 15.3 Å². The van der Waals surface area contributed by atoms with Gasteiger partial charge in [0.15, 0.2) is 0 Å². The van der Waals surface area contributed by atoms with E-state index in [4.69, 9.17) is 17.3 Å². The summed E-state index contributed by atoms with van der Waals surface area (Å²) in [5.74, 6) is -0.437. The number of aryl methyl sites for hydroxylation is 2. The minimum atomic E-state index is -0.950. The van der Waals surface area contributed by atoms with Crippen LogP contribution in [0.15, 0.2) is 61.5 Å². The topological polar surface area (TPSA) is 51.2 Å². The summed E-state index contributed by atoms with van der Waals surface area (Å²) in [5.41, 5.74) is 7.92. The van der Waals surface area contributed by atoms with Crippen molar-refractivity contribution in [2.45, 2.75) is 20.0 Å². The van der Waals surface area contributed by atoms with Gasteiger partial charge in [-0.15, -0.1) is 17.9 Å². The number of aliphatic hydroxyl groups excluding tert-OH is 1. The molecule has 3 rings (SSSR count). The minimum absolute atomic E-state index is 0.327. The van der Waals surface area contributed by atoms with Gasteiger partial charge >= 0.3 is 0 Å². The van der Waals surface area contributed by atoms with Gasteiger partial charge in [0.05, 0.1) is 5.69 Å². The molecule has 0 fully saturated rings. The van der Waals surface area contributed by atoms with Crippen LogP contribution >= 0.6 is 22.9 Å². The molecule has 0 saturated heterocycles. The van der Waals surface area contributed by atoms with E-state index in [1.54, 1.807) is 29.5 Å². The fraction of sp³-hybridized carbons (Fsp3) is 0.182. The van der Waals surface area contributed by atoms with Crippen LogP contribution in [0.5, 0.6) is 0 Å². The van der Waals surface area contributed by atoms with Gasteiger partial charge in [0.2, 0.25) is 0 Å².